The number of nitrogens with zero attached hydrogens (tertiary/aromatic N) is 5. The number of carbonyl (C=O) groups excluding carboxylic acids is 1. The predicted octanol–water partition coefficient (Wildman–Crippen LogP) is 5.51. The van der Waals surface area contributed by atoms with Crippen molar-refractivity contribution in [3.63, 3.8) is 0 Å². The van der Waals surface area contributed by atoms with Gasteiger partial charge in [-0.3, -0.25) is 4.79 Å². The molecule has 200 valence electrons. The van der Waals surface area contributed by atoms with Gasteiger partial charge in [-0.05, 0) is 78.0 Å². The highest BCUT2D eigenvalue weighted by molar-refractivity contribution is 14.1. The number of methoxy groups -OCH3 is 1. The van der Waals surface area contributed by atoms with Crippen LogP contribution in [0.3, 0.4) is 0 Å². The lowest BCUT2D eigenvalue weighted by Gasteiger charge is -2.35. The Morgan fingerprint density at radius 3 is 2.37 bits per heavy atom. The fourth-order valence-electron chi connectivity index (χ4n) is 5.49. The van der Waals surface area contributed by atoms with Gasteiger partial charge in [0.15, 0.2) is 5.82 Å². The number of hydrogen-bond acceptors (Lipinski definition) is 7. The minimum Gasteiger partial charge on any atom is -0.480 e. The Morgan fingerprint density at radius 1 is 0.974 bits per heavy atom. The number of fused-ring (bicyclic) bond motifs is 1. The average Bonchev–Trinajstić information content (AvgIpc) is 3.66. The molecule has 1 aromatic carbocycles. The maximum atomic E-state index is 13.9. The van der Waals surface area contributed by atoms with E-state index in [1.165, 1.54) is 20.0 Å². The van der Waals surface area contributed by atoms with E-state index >= 15 is 0 Å². The second-order valence-electron chi connectivity index (χ2n) is 10.6. The Hall–Kier alpha value is -2.83. The topological polar surface area (TPSA) is 83.5 Å². The van der Waals surface area contributed by atoms with Gasteiger partial charge < -0.3 is 19.9 Å². The molecule has 0 radical (unpaired) electrons. The normalized spacial score (nSPS) is 20.0. The van der Waals surface area contributed by atoms with Crippen LogP contribution in [0.2, 0.25) is 0 Å². The van der Waals surface area contributed by atoms with Crippen molar-refractivity contribution < 1.29 is 18.3 Å². The average molecular weight is 634 g/mol. The van der Waals surface area contributed by atoms with Crippen molar-refractivity contribution in [2.24, 2.45) is 5.41 Å². The lowest BCUT2D eigenvalue weighted by atomic mass is 9.93. The Morgan fingerprint density at radius 2 is 1.68 bits per heavy atom. The van der Waals surface area contributed by atoms with Crippen molar-refractivity contribution in [1.82, 2.24) is 15.2 Å². The molecule has 2 saturated heterocycles. The molecule has 1 aliphatic carbocycles. The quantitative estimate of drug-likeness (QED) is 0.371. The summed E-state index contributed by atoms with van der Waals surface area (Å²) in [7, 11) is 1.50. The number of rotatable bonds is 5. The highest BCUT2D eigenvalue weighted by Crippen LogP contribution is 2.54. The smallest absolute Gasteiger partial charge is 0.258 e. The number of nitrogens with one attached hydrogen (secondary N) is 1. The standard InChI is InChI=1S/C27H29F2IN6O2/c1-38-22-15-17-14-21(31-24(23(17)34-33-22)36-12-8-27(28,29)9-13-36)32-25(37)19-3-2-18(30)16-20(19)35-10-6-26(4-5-26)7-11-35/h2-3,14-16H,4-13H2,1H3,(H,31,32,37). The maximum absolute atomic E-state index is 13.9. The third kappa shape index (κ3) is 5.08. The van der Waals surface area contributed by atoms with Gasteiger partial charge in [0, 0.05) is 54.0 Å². The molecule has 3 aliphatic rings. The first-order valence-electron chi connectivity index (χ1n) is 13.0. The number of pyridine rings is 1. The summed E-state index contributed by atoms with van der Waals surface area (Å²) in [4.78, 5) is 22.4. The molecule has 1 amide bonds. The number of benzene rings is 1. The fourth-order valence-corrected chi connectivity index (χ4v) is 5.96. The minimum absolute atomic E-state index is 0.137. The molecular formula is C27H29F2IN6O2. The molecule has 4 heterocycles. The number of anilines is 3. The van der Waals surface area contributed by atoms with Crippen LogP contribution >= 0.6 is 22.6 Å². The number of carbonyl (C=O) groups is 1. The minimum atomic E-state index is -2.69. The van der Waals surface area contributed by atoms with E-state index in [0.29, 0.717) is 39.4 Å². The zero-order valence-corrected chi connectivity index (χ0v) is 23.3. The van der Waals surface area contributed by atoms with Crippen LogP contribution in [0.5, 0.6) is 5.88 Å². The van der Waals surface area contributed by atoms with E-state index in [1.807, 2.05) is 12.1 Å². The molecule has 2 aliphatic heterocycles. The summed E-state index contributed by atoms with van der Waals surface area (Å²) in [5.41, 5.74) is 2.53. The molecule has 3 fully saturated rings. The van der Waals surface area contributed by atoms with Crippen molar-refractivity contribution in [3.8, 4) is 5.88 Å². The van der Waals surface area contributed by atoms with Crippen LogP contribution in [0.25, 0.3) is 10.9 Å². The highest BCUT2D eigenvalue weighted by atomic mass is 127. The lowest BCUT2D eigenvalue weighted by molar-refractivity contribution is -0.0221. The zero-order valence-electron chi connectivity index (χ0n) is 21.1. The first-order valence-corrected chi connectivity index (χ1v) is 14.0. The van der Waals surface area contributed by atoms with Crippen LogP contribution in [0.1, 0.15) is 48.9 Å². The van der Waals surface area contributed by atoms with Gasteiger partial charge in [0.2, 0.25) is 5.88 Å². The van der Waals surface area contributed by atoms with Gasteiger partial charge in [-0.15, -0.1) is 10.2 Å². The summed E-state index contributed by atoms with van der Waals surface area (Å²) in [6.07, 6.45) is 4.43. The van der Waals surface area contributed by atoms with Crippen LogP contribution in [0.15, 0.2) is 30.3 Å². The Bertz CT molecular complexity index is 1380. The third-order valence-corrected chi connectivity index (χ3v) is 8.77. The predicted molar refractivity (Wildman–Crippen MR) is 151 cm³/mol. The number of ether oxygens (including phenoxy) is 1. The van der Waals surface area contributed by atoms with E-state index in [-0.39, 0.29) is 31.8 Å². The molecule has 1 N–H and O–H groups in total. The number of aromatic nitrogens is 3. The molecule has 0 atom stereocenters. The number of piperidine rings is 2. The lowest BCUT2D eigenvalue weighted by Crippen LogP contribution is -2.40. The molecule has 1 saturated carbocycles. The van der Waals surface area contributed by atoms with Gasteiger partial charge in [0.1, 0.15) is 11.3 Å². The number of amides is 1. The van der Waals surface area contributed by atoms with E-state index in [2.05, 4.69) is 54.1 Å². The molecule has 0 bridgehead atoms. The van der Waals surface area contributed by atoms with Crippen LogP contribution in [0, 0.1) is 8.99 Å². The van der Waals surface area contributed by atoms with Gasteiger partial charge in [-0.1, -0.05) is 0 Å². The van der Waals surface area contributed by atoms with Crippen molar-refractivity contribution in [2.75, 3.05) is 48.4 Å². The molecule has 1 spiro atoms. The Labute approximate surface area is 233 Å². The van der Waals surface area contributed by atoms with E-state index in [0.717, 1.165) is 35.2 Å². The van der Waals surface area contributed by atoms with Gasteiger partial charge in [0.25, 0.3) is 11.8 Å². The third-order valence-electron chi connectivity index (χ3n) is 8.10. The van der Waals surface area contributed by atoms with Crippen LogP contribution in [-0.2, 0) is 0 Å². The number of halogens is 3. The van der Waals surface area contributed by atoms with Crippen LogP contribution < -0.4 is 19.9 Å². The monoisotopic (exact) mass is 634 g/mol. The van der Waals surface area contributed by atoms with Crippen molar-refractivity contribution in [1.29, 1.82) is 0 Å². The molecular weight excluding hydrogens is 605 g/mol. The molecule has 38 heavy (non-hydrogen) atoms. The summed E-state index contributed by atoms with van der Waals surface area (Å²) in [6.45, 7) is 2.16. The second-order valence-corrected chi connectivity index (χ2v) is 11.8. The number of hydrogen-bond donors (Lipinski definition) is 1. The first kappa shape index (κ1) is 25.4. The van der Waals surface area contributed by atoms with Gasteiger partial charge >= 0.3 is 0 Å². The van der Waals surface area contributed by atoms with E-state index in [9.17, 15) is 13.6 Å². The molecule has 0 unspecified atom stereocenters. The summed E-state index contributed by atoms with van der Waals surface area (Å²) < 4.78 is 34.0. The summed E-state index contributed by atoms with van der Waals surface area (Å²) in [6, 6.07) is 9.28. The summed E-state index contributed by atoms with van der Waals surface area (Å²) in [5.74, 6) is -1.89. The number of alkyl halides is 2. The summed E-state index contributed by atoms with van der Waals surface area (Å²) >= 11 is 2.28. The van der Waals surface area contributed by atoms with Crippen molar-refractivity contribution in [3.05, 3.63) is 39.5 Å². The van der Waals surface area contributed by atoms with Gasteiger partial charge in [-0.2, -0.15) is 0 Å². The molecule has 2 aromatic heterocycles. The van der Waals surface area contributed by atoms with Gasteiger partial charge in [-0.25, -0.2) is 13.8 Å². The second kappa shape index (κ2) is 9.73. The van der Waals surface area contributed by atoms with Crippen molar-refractivity contribution in [2.45, 2.75) is 44.4 Å². The van der Waals surface area contributed by atoms with Crippen molar-refractivity contribution >= 4 is 56.7 Å². The zero-order chi connectivity index (χ0) is 26.5. The molecule has 11 heteroatoms. The largest absolute Gasteiger partial charge is 0.480 e. The Kier molecular flexibility index (Phi) is 6.51. The van der Waals surface area contributed by atoms with Gasteiger partial charge in [0.05, 0.1) is 18.4 Å². The fraction of sp³-hybridized carbons (Fsp3) is 0.481. The highest BCUT2D eigenvalue weighted by Gasteiger charge is 2.44. The first-order chi connectivity index (χ1) is 18.2. The SMILES string of the molecule is COc1cc2cc(NC(=O)c3ccc(I)cc3N3CCC4(CC3)CC4)nc(N3CCC(F)(F)CC3)c2nn1. The van der Waals surface area contributed by atoms with E-state index in [4.69, 9.17) is 4.74 Å². The maximum Gasteiger partial charge on any atom is 0.258 e. The van der Waals surface area contributed by atoms with E-state index < -0.39 is 5.92 Å². The Balaban J connectivity index is 1.31. The van der Waals surface area contributed by atoms with Crippen LogP contribution in [-0.4, -0.2) is 60.3 Å². The summed E-state index contributed by atoms with van der Waals surface area (Å²) in [5, 5.41) is 11.9. The van der Waals surface area contributed by atoms with E-state index in [1.54, 1.807) is 17.0 Å². The molecule has 8 nitrogen and oxygen atoms in total. The molecule has 3 aromatic rings. The molecule has 6 rings (SSSR count). The van der Waals surface area contributed by atoms with Crippen LogP contribution in [0.4, 0.5) is 26.1 Å².